The van der Waals surface area contributed by atoms with Crippen molar-refractivity contribution in [2.24, 2.45) is 0 Å². The average Bonchev–Trinajstić information content (AvgIpc) is 2.55. The van der Waals surface area contributed by atoms with Crippen LogP contribution in [-0.2, 0) is 0 Å². The normalized spacial score (nSPS) is 15.8. The van der Waals surface area contributed by atoms with Crippen molar-refractivity contribution in [2.75, 3.05) is 18.8 Å². The molecule has 2 N–H and O–H groups in total. The monoisotopic (exact) mass is 316 g/mol. The van der Waals surface area contributed by atoms with Crippen LogP contribution in [0.5, 0.6) is 0 Å². The lowest BCUT2D eigenvalue weighted by Crippen LogP contribution is -2.38. The summed E-state index contributed by atoms with van der Waals surface area (Å²) in [5.74, 6) is 0.326. The van der Waals surface area contributed by atoms with Crippen molar-refractivity contribution in [2.45, 2.75) is 18.8 Å². The minimum absolute atomic E-state index is 0.173. The third kappa shape index (κ3) is 3.04. The third-order valence-corrected chi connectivity index (χ3v) is 4.23. The number of halogens is 1. The summed E-state index contributed by atoms with van der Waals surface area (Å²) in [6, 6.07) is 11.9. The molecule has 5 nitrogen and oxygen atoms in total. The Hall–Kier alpha value is -2.14. The molecular formula is C16H17ClN4O. The van der Waals surface area contributed by atoms with Crippen LogP contribution in [0.4, 0.5) is 5.69 Å². The van der Waals surface area contributed by atoms with Gasteiger partial charge in [-0.1, -0.05) is 41.9 Å². The van der Waals surface area contributed by atoms with E-state index in [9.17, 15) is 4.79 Å². The molecule has 3 rings (SSSR count). The van der Waals surface area contributed by atoms with Crippen LogP contribution in [0.1, 0.15) is 34.8 Å². The molecule has 1 amide bonds. The standard InChI is InChI=1S/C16H17ClN4O/c17-14-10-13(18)15(20-19-14)16(22)21-8-6-12(7-9-21)11-4-2-1-3-5-11/h1-5,10,12H,6-9H2,(H2,18,19). The first kappa shape index (κ1) is 14.8. The van der Waals surface area contributed by atoms with E-state index in [1.807, 2.05) is 6.07 Å². The second-order valence-electron chi connectivity index (χ2n) is 5.45. The van der Waals surface area contributed by atoms with Crippen LogP contribution in [0, 0.1) is 0 Å². The van der Waals surface area contributed by atoms with Crippen molar-refractivity contribution >= 4 is 23.2 Å². The SMILES string of the molecule is Nc1cc(Cl)nnc1C(=O)N1CCC(c2ccccc2)CC1. The number of benzene rings is 1. The van der Waals surface area contributed by atoms with Crippen molar-refractivity contribution in [3.05, 3.63) is 52.8 Å². The molecule has 0 spiro atoms. The Morgan fingerprint density at radius 2 is 1.86 bits per heavy atom. The number of nitrogens with zero attached hydrogens (tertiary/aromatic N) is 3. The minimum atomic E-state index is -0.173. The van der Waals surface area contributed by atoms with E-state index in [4.69, 9.17) is 17.3 Å². The van der Waals surface area contributed by atoms with Gasteiger partial charge in [-0.15, -0.1) is 10.2 Å². The molecule has 2 aromatic rings. The highest BCUT2D eigenvalue weighted by molar-refractivity contribution is 6.29. The molecule has 0 bridgehead atoms. The molecule has 0 saturated carbocycles. The zero-order chi connectivity index (χ0) is 15.5. The molecule has 0 atom stereocenters. The van der Waals surface area contributed by atoms with E-state index in [1.54, 1.807) is 4.90 Å². The molecule has 1 aromatic heterocycles. The maximum Gasteiger partial charge on any atom is 0.276 e. The Morgan fingerprint density at radius 3 is 2.50 bits per heavy atom. The Kier molecular flexibility index (Phi) is 4.24. The molecule has 1 aliphatic rings. The zero-order valence-electron chi connectivity index (χ0n) is 12.1. The van der Waals surface area contributed by atoms with E-state index in [1.165, 1.54) is 11.6 Å². The lowest BCUT2D eigenvalue weighted by molar-refractivity contribution is 0.0707. The van der Waals surface area contributed by atoms with Crippen LogP contribution in [0.3, 0.4) is 0 Å². The van der Waals surface area contributed by atoms with E-state index in [0.717, 1.165) is 12.8 Å². The molecule has 114 valence electrons. The number of likely N-dealkylation sites (tertiary alicyclic amines) is 1. The number of hydrogen-bond acceptors (Lipinski definition) is 4. The van der Waals surface area contributed by atoms with Crippen LogP contribution in [-0.4, -0.2) is 34.1 Å². The molecule has 2 heterocycles. The minimum Gasteiger partial charge on any atom is -0.397 e. The smallest absolute Gasteiger partial charge is 0.276 e. The first-order valence-corrected chi connectivity index (χ1v) is 7.66. The van der Waals surface area contributed by atoms with E-state index >= 15 is 0 Å². The number of anilines is 1. The van der Waals surface area contributed by atoms with Gasteiger partial charge in [0, 0.05) is 19.2 Å². The number of nitrogens with two attached hydrogens (primary N) is 1. The fraction of sp³-hybridized carbons (Fsp3) is 0.312. The van der Waals surface area contributed by atoms with Gasteiger partial charge in [0.05, 0.1) is 5.69 Å². The van der Waals surface area contributed by atoms with E-state index in [-0.39, 0.29) is 22.4 Å². The van der Waals surface area contributed by atoms with Gasteiger partial charge >= 0.3 is 0 Å². The molecule has 1 aliphatic heterocycles. The summed E-state index contributed by atoms with van der Waals surface area (Å²) in [6.07, 6.45) is 1.88. The fourth-order valence-corrected chi connectivity index (χ4v) is 2.99. The van der Waals surface area contributed by atoms with Gasteiger partial charge in [-0.25, -0.2) is 0 Å². The molecule has 22 heavy (non-hydrogen) atoms. The van der Waals surface area contributed by atoms with Gasteiger partial charge in [0.15, 0.2) is 10.8 Å². The lowest BCUT2D eigenvalue weighted by Gasteiger charge is -2.32. The highest BCUT2D eigenvalue weighted by Gasteiger charge is 2.26. The van der Waals surface area contributed by atoms with Crippen LogP contribution in [0.15, 0.2) is 36.4 Å². The molecule has 1 aromatic carbocycles. The summed E-state index contributed by atoms with van der Waals surface area (Å²) in [5.41, 5.74) is 7.60. The number of amides is 1. The summed E-state index contributed by atoms with van der Waals surface area (Å²) < 4.78 is 0. The van der Waals surface area contributed by atoms with E-state index < -0.39 is 0 Å². The molecule has 0 aliphatic carbocycles. The molecule has 0 radical (unpaired) electrons. The molecule has 0 unspecified atom stereocenters. The summed E-state index contributed by atoms with van der Waals surface area (Å²) in [6.45, 7) is 1.39. The van der Waals surface area contributed by atoms with Gasteiger partial charge in [0.1, 0.15) is 0 Å². The van der Waals surface area contributed by atoms with Crippen molar-refractivity contribution in [1.29, 1.82) is 0 Å². The van der Waals surface area contributed by atoms with Crippen molar-refractivity contribution < 1.29 is 4.79 Å². The molecule has 6 heteroatoms. The van der Waals surface area contributed by atoms with Crippen LogP contribution >= 0.6 is 11.6 Å². The molecular weight excluding hydrogens is 300 g/mol. The predicted octanol–water partition coefficient (Wildman–Crippen LogP) is 2.73. The second kappa shape index (κ2) is 6.32. The number of hydrogen-bond donors (Lipinski definition) is 1. The first-order chi connectivity index (χ1) is 10.6. The van der Waals surface area contributed by atoms with Gasteiger partial charge < -0.3 is 10.6 Å². The Balaban J connectivity index is 1.67. The van der Waals surface area contributed by atoms with Gasteiger partial charge in [-0.2, -0.15) is 0 Å². The highest BCUT2D eigenvalue weighted by Crippen LogP contribution is 2.28. The van der Waals surface area contributed by atoms with Crippen molar-refractivity contribution in [1.82, 2.24) is 15.1 Å². The predicted molar refractivity (Wildman–Crippen MR) is 85.8 cm³/mol. The third-order valence-electron chi connectivity index (χ3n) is 4.05. The summed E-state index contributed by atoms with van der Waals surface area (Å²) >= 11 is 5.72. The summed E-state index contributed by atoms with van der Waals surface area (Å²) in [7, 11) is 0. The van der Waals surface area contributed by atoms with Gasteiger partial charge in [0.2, 0.25) is 0 Å². The number of carbonyl (C=O) groups is 1. The maximum atomic E-state index is 12.5. The van der Waals surface area contributed by atoms with Gasteiger partial charge in [-0.05, 0) is 24.3 Å². The van der Waals surface area contributed by atoms with Gasteiger partial charge in [-0.3, -0.25) is 4.79 Å². The Morgan fingerprint density at radius 1 is 1.18 bits per heavy atom. The number of aromatic nitrogens is 2. The van der Waals surface area contributed by atoms with Gasteiger partial charge in [0.25, 0.3) is 5.91 Å². The zero-order valence-corrected chi connectivity index (χ0v) is 12.8. The lowest BCUT2D eigenvalue weighted by atomic mass is 9.89. The number of rotatable bonds is 2. The summed E-state index contributed by atoms with van der Waals surface area (Å²) in [4.78, 5) is 14.3. The fourth-order valence-electron chi connectivity index (χ4n) is 2.84. The largest absolute Gasteiger partial charge is 0.397 e. The van der Waals surface area contributed by atoms with Crippen molar-refractivity contribution in [3.63, 3.8) is 0 Å². The number of piperidine rings is 1. The maximum absolute atomic E-state index is 12.5. The second-order valence-corrected chi connectivity index (χ2v) is 5.84. The average molecular weight is 317 g/mol. The van der Waals surface area contributed by atoms with Crippen LogP contribution < -0.4 is 5.73 Å². The summed E-state index contributed by atoms with van der Waals surface area (Å²) in [5, 5.41) is 7.73. The Labute approximate surface area is 134 Å². The van der Waals surface area contributed by atoms with Crippen LogP contribution in [0.2, 0.25) is 5.15 Å². The highest BCUT2D eigenvalue weighted by atomic mass is 35.5. The molecule has 1 fully saturated rings. The number of carbonyl (C=O) groups excluding carboxylic acids is 1. The first-order valence-electron chi connectivity index (χ1n) is 7.28. The number of nitrogen functional groups attached to an aromatic ring is 1. The van der Waals surface area contributed by atoms with E-state index in [2.05, 4.69) is 34.5 Å². The van der Waals surface area contributed by atoms with Crippen molar-refractivity contribution in [3.8, 4) is 0 Å². The quantitative estimate of drug-likeness (QED) is 0.924. The topological polar surface area (TPSA) is 72.1 Å². The Bertz CT molecular complexity index is 669. The van der Waals surface area contributed by atoms with E-state index in [0.29, 0.717) is 19.0 Å². The van der Waals surface area contributed by atoms with Crippen LogP contribution in [0.25, 0.3) is 0 Å². The molecule has 1 saturated heterocycles.